The van der Waals surface area contributed by atoms with Gasteiger partial charge in [0.1, 0.15) is 0 Å². The maximum absolute atomic E-state index is 12.1. The molecule has 0 bridgehead atoms. The number of carbonyl (C=O) groups is 1. The lowest BCUT2D eigenvalue weighted by atomic mass is 10.1. The van der Waals surface area contributed by atoms with Crippen molar-refractivity contribution in [1.82, 2.24) is 4.90 Å². The fourth-order valence-electron chi connectivity index (χ4n) is 1.84. The van der Waals surface area contributed by atoms with E-state index < -0.39 is 5.60 Å². The third-order valence-corrected chi connectivity index (χ3v) is 2.96. The van der Waals surface area contributed by atoms with Crippen LogP contribution in [0.4, 0.5) is 0 Å². The van der Waals surface area contributed by atoms with Crippen LogP contribution in [0.5, 0.6) is 0 Å². The summed E-state index contributed by atoms with van der Waals surface area (Å²) in [5, 5.41) is 9.31. The quantitative estimate of drug-likeness (QED) is 0.798. The molecule has 0 saturated heterocycles. The van der Waals surface area contributed by atoms with Crippen molar-refractivity contribution < 1.29 is 9.90 Å². The van der Waals surface area contributed by atoms with Crippen molar-refractivity contribution >= 4 is 18.5 Å². The SMILES string of the molecule is CN(CC(C)(C)O)C(=O)C(S)Cc1ccccc1. The second-order valence-electron chi connectivity index (χ2n) is 5.21. The molecule has 1 amide bonds. The van der Waals surface area contributed by atoms with Crippen LogP contribution >= 0.6 is 12.6 Å². The summed E-state index contributed by atoms with van der Waals surface area (Å²) in [7, 11) is 1.69. The summed E-state index contributed by atoms with van der Waals surface area (Å²) < 4.78 is 0. The molecular weight excluding hydrogens is 246 g/mol. The van der Waals surface area contributed by atoms with Gasteiger partial charge >= 0.3 is 0 Å². The average Bonchev–Trinajstić information content (AvgIpc) is 2.27. The standard InChI is InChI=1S/C14H21NO2S/c1-14(2,17)10-15(3)13(16)12(18)9-11-7-5-4-6-8-11/h4-8,12,17-18H,9-10H2,1-3H3. The highest BCUT2D eigenvalue weighted by Gasteiger charge is 2.23. The first-order chi connectivity index (χ1) is 8.29. The van der Waals surface area contributed by atoms with Crippen molar-refractivity contribution in [2.75, 3.05) is 13.6 Å². The second kappa shape index (κ2) is 6.25. The maximum atomic E-state index is 12.1. The van der Waals surface area contributed by atoms with Crippen LogP contribution < -0.4 is 0 Å². The number of rotatable bonds is 5. The Morgan fingerprint density at radius 3 is 2.44 bits per heavy atom. The van der Waals surface area contributed by atoms with Crippen LogP contribution in [0.2, 0.25) is 0 Å². The van der Waals surface area contributed by atoms with E-state index in [-0.39, 0.29) is 11.2 Å². The van der Waals surface area contributed by atoms with Crippen molar-refractivity contribution in [1.29, 1.82) is 0 Å². The Hall–Kier alpha value is -1.00. The zero-order valence-electron chi connectivity index (χ0n) is 11.1. The van der Waals surface area contributed by atoms with Gasteiger partial charge in [0.15, 0.2) is 0 Å². The minimum atomic E-state index is -0.884. The van der Waals surface area contributed by atoms with Gasteiger partial charge in [0.2, 0.25) is 5.91 Å². The first-order valence-corrected chi connectivity index (χ1v) is 6.50. The van der Waals surface area contributed by atoms with E-state index in [1.807, 2.05) is 30.3 Å². The Balaban J connectivity index is 2.56. The van der Waals surface area contributed by atoms with Crippen LogP contribution in [-0.4, -0.2) is 40.4 Å². The molecular formula is C14H21NO2S. The van der Waals surface area contributed by atoms with E-state index in [9.17, 15) is 9.90 Å². The van der Waals surface area contributed by atoms with E-state index in [1.54, 1.807) is 20.9 Å². The number of thiol groups is 1. The van der Waals surface area contributed by atoms with E-state index in [0.717, 1.165) is 5.56 Å². The molecule has 1 rings (SSSR count). The van der Waals surface area contributed by atoms with Gasteiger partial charge in [-0.05, 0) is 25.8 Å². The molecule has 1 N–H and O–H groups in total. The Labute approximate surface area is 114 Å². The lowest BCUT2D eigenvalue weighted by Gasteiger charge is -2.27. The third-order valence-electron chi connectivity index (χ3n) is 2.56. The van der Waals surface area contributed by atoms with Gasteiger partial charge in [-0.1, -0.05) is 30.3 Å². The molecule has 100 valence electrons. The van der Waals surface area contributed by atoms with Crippen LogP contribution in [0.3, 0.4) is 0 Å². The topological polar surface area (TPSA) is 40.5 Å². The molecule has 0 aliphatic rings. The Morgan fingerprint density at radius 1 is 1.39 bits per heavy atom. The van der Waals surface area contributed by atoms with Crippen molar-refractivity contribution in [2.45, 2.75) is 31.1 Å². The van der Waals surface area contributed by atoms with Gasteiger partial charge in [-0.25, -0.2) is 0 Å². The average molecular weight is 267 g/mol. The summed E-state index contributed by atoms with van der Waals surface area (Å²) >= 11 is 4.35. The van der Waals surface area contributed by atoms with E-state index in [4.69, 9.17) is 0 Å². The van der Waals surface area contributed by atoms with Gasteiger partial charge in [0.05, 0.1) is 10.9 Å². The van der Waals surface area contributed by atoms with Crippen molar-refractivity contribution in [3.05, 3.63) is 35.9 Å². The maximum Gasteiger partial charge on any atom is 0.235 e. The molecule has 4 heteroatoms. The summed E-state index contributed by atoms with van der Waals surface area (Å²) in [5.41, 5.74) is 0.201. The Morgan fingerprint density at radius 2 is 1.94 bits per heavy atom. The predicted molar refractivity (Wildman–Crippen MR) is 76.9 cm³/mol. The molecule has 0 aliphatic heterocycles. The molecule has 0 aromatic heterocycles. The lowest BCUT2D eigenvalue weighted by Crippen LogP contribution is -2.43. The summed E-state index contributed by atoms with van der Waals surface area (Å²) in [6.07, 6.45) is 0.596. The number of aliphatic hydroxyl groups is 1. The van der Waals surface area contributed by atoms with Crippen LogP contribution in [0.15, 0.2) is 30.3 Å². The summed E-state index contributed by atoms with van der Waals surface area (Å²) in [6.45, 7) is 3.67. The van der Waals surface area contributed by atoms with E-state index in [0.29, 0.717) is 13.0 Å². The zero-order chi connectivity index (χ0) is 13.8. The van der Waals surface area contributed by atoms with E-state index in [2.05, 4.69) is 12.6 Å². The molecule has 1 aromatic carbocycles. The van der Waals surface area contributed by atoms with Crippen molar-refractivity contribution in [2.24, 2.45) is 0 Å². The first-order valence-electron chi connectivity index (χ1n) is 5.99. The highest BCUT2D eigenvalue weighted by molar-refractivity contribution is 7.81. The number of likely N-dealkylation sites (N-methyl/N-ethyl adjacent to an activating group) is 1. The molecule has 0 spiro atoms. The fraction of sp³-hybridized carbons (Fsp3) is 0.500. The molecule has 0 heterocycles. The number of benzene rings is 1. The minimum absolute atomic E-state index is 0.0655. The Bertz CT molecular complexity index is 387. The molecule has 0 radical (unpaired) electrons. The lowest BCUT2D eigenvalue weighted by molar-refractivity contribution is -0.131. The van der Waals surface area contributed by atoms with Gasteiger partial charge in [-0.2, -0.15) is 12.6 Å². The van der Waals surface area contributed by atoms with Crippen molar-refractivity contribution in [3.8, 4) is 0 Å². The van der Waals surface area contributed by atoms with Gasteiger partial charge in [-0.3, -0.25) is 4.79 Å². The molecule has 0 saturated carbocycles. The van der Waals surface area contributed by atoms with Gasteiger partial charge < -0.3 is 10.0 Å². The predicted octanol–water partition coefficient (Wildman–Crippen LogP) is 1.76. The highest BCUT2D eigenvalue weighted by Crippen LogP contribution is 2.12. The van der Waals surface area contributed by atoms with Crippen molar-refractivity contribution in [3.63, 3.8) is 0 Å². The van der Waals surface area contributed by atoms with E-state index in [1.165, 1.54) is 4.90 Å². The van der Waals surface area contributed by atoms with Gasteiger partial charge in [-0.15, -0.1) is 0 Å². The third kappa shape index (κ3) is 5.10. The summed E-state index contributed by atoms with van der Waals surface area (Å²) in [6, 6.07) is 9.79. The number of carbonyl (C=O) groups excluding carboxylic acids is 1. The zero-order valence-corrected chi connectivity index (χ0v) is 12.0. The van der Waals surface area contributed by atoms with Crippen LogP contribution in [-0.2, 0) is 11.2 Å². The number of hydrogen-bond acceptors (Lipinski definition) is 3. The van der Waals surface area contributed by atoms with Gasteiger partial charge in [0.25, 0.3) is 0 Å². The largest absolute Gasteiger partial charge is 0.389 e. The normalized spacial score (nSPS) is 13.2. The molecule has 3 nitrogen and oxygen atoms in total. The number of nitrogens with zero attached hydrogens (tertiary/aromatic N) is 1. The van der Waals surface area contributed by atoms with E-state index >= 15 is 0 Å². The molecule has 0 fully saturated rings. The fourth-order valence-corrected chi connectivity index (χ4v) is 2.25. The summed E-state index contributed by atoms with van der Waals surface area (Å²) in [4.78, 5) is 13.6. The molecule has 1 unspecified atom stereocenters. The van der Waals surface area contributed by atoms with Crippen LogP contribution in [0.1, 0.15) is 19.4 Å². The highest BCUT2D eigenvalue weighted by atomic mass is 32.1. The Kier molecular flexibility index (Phi) is 5.23. The van der Waals surface area contributed by atoms with Gasteiger partial charge in [0, 0.05) is 13.6 Å². The number of hydrogen-bond donors (Lipinski definition) is 2. The molecule has 1 atom stereocenters. The minimum Gasteiger partial charge on any atom is -0.389 e. The molecule has 0 aliphatic carbocycles. The number of amides is 1. The molecule has 18 heavy (non-hydrogen) atoms. The summed E-state index contributed by atoms with van der Waals surface area (Å²) in [5.74, 6) is -0.0655. The first kappa shape index (κ1) is 15.1. The monoisotopic (exact) mass is 267 g/mol. The van der Waals surface area contributed by atoms with Crippen LogP contribution in [0, 0.1) is 0 Å². The molecule has 1 aromatic rings. The second-order valence-corrected chi connectivity index (χ2v) is 5.84. The van der Waals surface area contributed by atoms with Crippen LogP contribution in [0.25, 0.3) is 0 Å². The smallest absolute Gasteiger partial charge is 0.235 e.